The third-order valence-electron chi connectivity index (χ3n) is 5.27. The Morgan fingerprint density at radius 3 is 2.62 bits per heavy atom. The van der Waals surface area contributed by atoms with Crippen LogP contribution in [0.25, 0.3) is 0 Å². The van der Waals surface area contributed by atoms with Gasteiger partial charge in [-0.1, -0.05) is 19.8 Å². The molecule has 2 aliphatic rings. The summed E-state index contributed by atoms with van der Waals surface area (Å²) in [5, 5.41) is 3.45. The first kappa shape index (κ1) is 14.7. The van der Waals surface area contributed by atoms with E-state index in [2.05, 4.69) is 24.4 Å². The molecule has 1 N–H and O–H groups in total. The Labute approximate surface area is 128 Å². The highest BCUT2D eigenvalue weighted by molar-refractivity contribution is 5.43. The average molecular weight is 289 g/mol. The van der Waals surface area contributed by atoms with Crippen molar-refractivity contribution < 1.29 is 9.47 Å². The summed E-state index contributed by atoms with van der Waals surface area (Å²) in [7, 11) is 3.75. The van der Waals surface area contributed by atoms with Crippen molar-refractivity contribution in [1.82, 2.24) is 5.32 Å². The van der Waals surface area contributed by atoms with Crippen molar-refractivity contribution >= 4 is 0 Å². The van der Waals surface area contributed by atoms with Crippen molar-refractivity contribution in [2.45, 2.75) is 51.2 Å². The molecule has 0 bridgehead atoms. The van der Waals surface area contributed by atoms with Crippen LogP contribution in [0.15, 0.2) is 18.2 Å². The number of rotatable bonds is 3. The molecule has 1 saturated carbocycles. The van der Waals surface area contributed by atoms with Gasteiger partial charge in [-0.2, -0.15) is 0 Å². The van der Waals surface area contributed by atoms with Gasteiger partial charge in [0.25, 0.3) is 0 Å². The van der Waals surface area contributed by atoms with Crippen LogP contribution >= 0.6 is 0 Å². The molecule has 0 radical (unpaired) electrons. The minimum atomic E-state index is 0.357. The number of hydrogen-bond acceptors (Lipinski definition) is 3. The largest absolute Gasteiger partial charge is 0.497 e. The fourth-order valence-corrected chi connectivity index (χ4v) is 3.82. The van der Waals surface area contributed by atoms with Crippen molar-refractivity contribution in [3.63, 3.8) is 0 Å². The van der Waals surface area contributed by atoms with E-state index in [4.69, 9.17) is 9.47 Å². The van der Waals surface area contributed by atoms with E-state index < -0.39 is 0 Å². The Morgan fingerprint density at radius 2 is 1.95 bits per heavy atom. The predicted molar refractivity (Wildman–Crippen MR) is 84.9 cm³/mol. The molecule has 1 aromatic carbocycles. The van der Waals surface area contributed by atoms with Crippen LogP contribution in [0.2, 0.25) is 0 Å². The summed E-state index contributed by atoms with van der Waals surface area (Å²) < 4.78 is 11.7. The molecule has 3 nitrogen and oxygen atoms in total. The molecular formula is C18H27NO2. The van der Waals surface area contributed by atoms with Crippen LogP contribution in [0, 0.1) is 11.8 Å². The van der Waals surface area contributed by atoms with Crippen LogP contribution in [0.4, 0.5) is 0 Å². The second kappa shape index (κ2) is 6.27. The monoisotopic (exact) mass is 289 g/mol. The van der Waals surface area contributed by atoms with Gasteiger partial charge in [-0.3, -0.25) is 0 Å². The summed E-state index contributed by atoms with van der Waals surface area (Å²) >= 11 is 0. The van der Waals surface area contributed by atoms with Crippen LogP contribution in [0.3, 0.4) is 0 Å². The number of fused-ring (bicyclic) bond motifs is 1. The van der Waals surface area contributed by atoms with E-state index in [0.717, 1.165) is 23.8 Å². The summed E-state index contributed by atoms with van der Waals surface area (Å²) in [5.74, 6) is 3.54. The number of nitrogens with one attached hydrogen (secondary N) is 1. The quantitative estimate of drug-likeness (QED) is 0.914. The molecule has 1 fully saturated rings. The molecule has 2 unspecified atom stereocenters. The number of benzene rings is 1. The van der Waals surface area contributed by atoms with Crippen molar-refractivity contribution in [3.05, 3.63) is 23.8 Å². The molecule has 1 aliphatic heterocycles. The van der Waals surface area contributed by atoms with Gasteiger partial charge in [0.1, 0.15) is 17.6 Å². The van der Waals surface area contributed by atoms with Crippen LogP contribution in [0.1, 0.15) is 50.6 Å². The normalized spacial score (nSPS) is 32.1. The fourth-order valence-electron chi connectivity index (χ4n) is 3.82. The average Bonchev–Trinajstić information content (AvgIpc) is 2.54. The Balaban J connectivity index is 1.78. The molecule has 1 heterocycles. The van der Waals surface area contributed by atoms with Crippen LogP contribution in [-0.2, 0) is 0 Å². The zero-order valence-electron chi connectivity index (χ0n) is 13.4. The number of methoxy groups -OCH3 is 1. The van der Waals surface area contributed by atoms with E-state index in [1.807, 2.05) is 13.1 Å². The lowest BCUT2D eigenvalue weighted by Gasteiger charge is -2.39. The Hall–Kier alpha value is -1.22. The molecule has 1 aromatic rings. The van der Waals surface area contributed by atoms with Gasteiger partial charge in [0.15, 0.2) is 0 Å². The van der Waals surface area contributed by atoms with Gasteiger partial charge in [0.05, 0.1) is 7.11 Å². The zero-order chi connectivity index (χ0) is 14.8. The highest BCUT2D eigenvalue weighted by Gasteiger charge is 2.34. The van der Waals surface area contributed by atoms with Gasteiger partial charge in [-0.15, -0.1) is 0 Å². The van der Waals surface area contributed by atoms with E-state index in [-0.39, 0.29) is 0 Å². The Morgan fingerprint density at radius 1 is 1.19 bits per heavy atom. The summed E-state index contributed by atoms with van der Waals surface area (Å²) in [5.41, 5.74) is 1.23. The van der Waals surface area contributed by atoms with Gasteiger partial charge in [0, 0.05) is 18.0 Å². The topological polar surface area (TPSA) is 30.5 Å². The lowest BCUT2D eigenvalue weighted by atomic mass is 9.77. The minimum absolute atomic E-state index is 0.357. The highest BCUT2D eigenvalue weighted by atomic mass is 16.5. The number of hydrogen-bond donors (Lipinski definition) is 1. The first-order valence-electron chi connectivity index (χ1n) is 8.23. The van der Waals surface area contributed by atoms with Crippen LogP contribution in [0.5, 0.6) is 11.5 Å². The smallest absolute Gasteiger partial charge is 0.124 e. The van der Waals surface area contributed by atoms with Gasteiger partial charge < -0.3 is 14.8 Å². The van der Waals surface area contributed by atoms with E-state index in [0.29, 0.717) is 18.1 Å². The second-order valence-electron chi connectivity index (χ2n) is 6.66. The van der Waals surface area contributed by atoms with Crippen LogP contribution < -0.4 is 14.8 Å². The van der Waals surface area contributed by atoms with Crippen molar-refractivity contribution in [3.8, 4) is 11.5 Å². The third-order valence-corrected chi connectivity index (χ3v) is 5.27. The van der Waals surface area contributed by atoms with Crippen LogP contribution in [-0.4, -0.2) is 20.3 Å². The second-order valence-corrected chi connectivity index (χ2v) is 6.66. The molecule has 3 rings (SSSR count). The maximum absolute atomic E-state index is 6.34. The molecule has 2 atom stereocenters. The maximum Gasteiger partial charge on any atom is 0.124 e. The Kier molecular flexibility index (Phi) is 4.39. The summed E-state index contributed by atoms with van der Waals surface area (Å²) in [6, 6.07) is 6.54. The van der Waals surface area contributed by atoms with Gasteiger partial charge in [-0.05, 0) is 49.9 Å². The first-order chi connectivity index (χ1) is 10.2. The maximum atomic E-state index is 6.34. The van der Waals surface area contributed by atoms with E-state index in [9.17, 15) is 0 Å². The molecule has 116 valence electrons. The van der Waals surface area contributed by atoms with Gasteiger partial charge in [0.2, 0.25) is 0 Å². The molecule has 21 heavy (non-hydrogen) atoms. The lowest BCUT2D eigenvalue weighted by molar-refractivity contribution is 0.0661. The van der Waals surface area contributed by atoms with Gasteiger partial charge >= 0.3 is 0 Å². The molecule has 3 heteroatoms. The molecule has 0 aromatic heterocycles. The SMILES string of the molecule is CNC1CC(C2CCC(C)CC2)Oc2ccc(OC)cc21. The van der Waals surface area contributed by atoms with E-state index >= 15 is 0 Å². The molecule has 1 aliphatic carbocycles. The van der Waals surface area contributed by atoms with Gasteiger partial charge in [-0.25, -0.2) is 0 Å². The zero-order valence-corrected chi connectivity index (χ0v) is 13.4. The molecule has 0 amide bonds. The summed E-state index contributed by atoms with van der Waals surface area (Å²) in [6.45, 7) is 2.37. The minimum Gasteiger partial charge on any atom is -0.497 e. The number of ether oxygens (including phenoxy) is 2. The van der Waals surface area contributed by atoms with E-state index in [1.165, 1.54) is 31.2 Å². The lowest BCUT2D eigenvalue weighted by Crippen LogP contribution is -2.37. The van der Waals surface area contributed by atoms with Crippen molar-refractivity contribution in [2.75, 3.05) is 14.2 Å². The summed E-state index contributed by atoms with van der Waals surface area (Å²) in [6.07, 6.45) is 6.75. The van der Waals surface area contributed by atoms with Crippen molar-refractivity contribution in [2.24, 2.45) is 11.8 Å². The fraction of sp³-hybridized carbons (Fsp3) is 0.667. The van der Waals surface area contributed by atoms with E-state index in [1.54, 1.807) is 7.11 Å². The molecule has 0 spiro atoms. The first-order valence-corrected chi connectivity index (χ1v) is 8.23. The summed E-state index contributed by atoms with van der Waals surface area (Å²) in [4.78, 5) is 0. The Bertz CT molecular complexity index is 480. The predicted octanol–water partition coefficient (Wildman–Crippen LogP) is 3.93. The standard InChI is InChI=1S/C18H27NO2/c1-12-4-6-13(7-5-12)18-11-16(19-2)15-10-14(20-3)8-9-17(15)21-18/h8-10,12-13,16,18-19H,4-7,11H2,1-3H3. The highest BCUT2D eigenvalue weighted by Crippen LogP contribution is 2.42. The molecule has 0 saturated heterocycles. The van der Waals surface area contributed by atoms with Crippen molar-refractivity contribution in [1.29, 1.82) is 0 Å². The third kappa shape index (κ3) is 3.03. The molecular weight excluding hydrogens is 262 g/mol.